The van der Waals surface area contributed by atoms with E-state index in [4.69, 9.17) is 0 Å². The SMILES string of the molecule is CC(C)(C)C(=O)N1CCN(C(=O)CCS(C)(=O)=O)C(C)(C)C1. The number of hydrogen-bond acceptors (Lipinski definition) is 4. The largest absolute Gasteiger partial charge is 0.338 e. The van der Waals surface area contributed by atoms with Gasteiger partial charge in [0.1, 0.15) is 9.84 Å². The van der Waals surface area contributed by atoms with E-state index in [9.17, 15) is 18.0 Å². The van der Waals surface area contributed by atoms with Crippen LogP contribution < -0.4 is 0 Å². The first-order valence-corrected chi connectivity index (χ1v) is 9.58. The van der Waals surface area contributed by atoms with Gasteiger partial charge in [0.15, 0.2) is 0 Å². The van der Waals surface area contributed by atoms with Gasteiger partial charge in [-0.1, -0.05) is 20.8 Å². The van der Waals surface area contributed by atoms with Crippen molar-refractivity contribution in [2.75, 3.05) is 31.6 Å². The number of rotatable bonds is 3. The summed E-state index contributed by atoms with van der Waals surface area (Å²) in [7, 11) is -3.15. The third-order valence-corrected chi connectivity index (χ3v) is 4.76. The maximum absolute atomic E-state index is 12.4. The average molecular weight is 332 g/mol. The molecule has 0 saturated carbocycles. The minimum absolute atomic E-state index is 0.00448. The van der Waals surface area contributed by atoms with Gasteiger partial charge in [0, 0.05) is 37.7 Å². The van der Waals surface area contributed by atoms with E-state index in [1.54, 1.807) is 9.80 Å². The van der Waals surface area contributed by atoms with Gasteiger partial charge in [-0.3, -0.25) is 9.59 Å². The van der Waals surface area contributed by atoms with Crippen molar-refractivity contribution in [3.8, 4) is 0 Å². The third-order valence-electron chi connectivity index (χ3n) is 3.82. The van der Waals surface area contributed by atoms with E-state index in [1.165, 1.54) is 0 Å². The Balaban J connectivity index is 2.76. The first kappa shape index (κ1) is 18.9. The molecular weight excluding hydrogens is 304 g/mol. The summed E-state index contributed by atoms with van der Waals surface area (Å²) in [5, 5.41) is 0. The van der Waals surface area contributed by atoms with Crippen LogP contribution >= 0.6 is 0 Å². The van der Waals surface area contributed by atoms with Crippen molar-refractivity contribution in [2.45, 2.75) is 46.6 Å². The summed E-state index contributed by atoms with van der Waals surface area (Å²) in [5.74, 6) is -0.231. The van der Waals surface area contributed by atoms with Crippen LogP contribution in [0.5, 0.6) is 0 Å². The summed E-state index contributed by atoms with van der Waals surface area (Å²) in [6.45, 7) is 10.9. The highest BCUT2D eigenvalue weighted by atomic mass is 32.2. The molecule has 0 spiro atoms. The van der Waals surface area contributed by atoms with Gasteiger partial charge >= 0.3 is 0 Å². The Kier molecular flexibility index (Phi) is 5.32. The lowest BCUT2D eigenvalue weighted by atomic mass is 9.91. The van der Waals surface area contributed by atoms with Crippen molar-refractivity contribution in [2.24, 2.45) is 5.41 Å². The predicted octanol–water partition coefficient (Wildman–Crippen LogP) is 0.917. The molecule has 1 aliphatic heterocycles. The van der Waals surface area contributed by atoms with Crippen LogP contribution in [0.1, 0.15) is 41.0 Å². The van der Waals surface area contributed by atoms with Crippen LogP contribution in [-0.2, 0) is 19.4 Å². The second kappa shape index (κ2) is 6.18. The van der Waals surface area contributed by atoms with E-state index in [2.05, 4.69) is 0 Å². The fourth-order valence-electron chi connectivity index (χ4n) is 2.67. The first-order chi connectivity index (χ1) is 9.74. The van der Waals surface area contributed by atoms with Crippen molar-refractivity contribution in [1.29, 1.82) is 0 Å². The summed E-state index contributed by atoms with van der Waals surface area (Å²) >= 11 is 0. The molecule has 0 N–H and O–H groups in total. The summed E-state index contributed by atoms with van der Waals surface area (Å²) in [5.41, 5.74) is -0.938. The Labute approximate surface area is 133 Å². The Morgan fingerprint density at radius 3 is 2.09 bits per heavy atom. The highest BCUT2D eigenvalue weighted by Crippen LogP contribution is 2.26. The number of nitrogens with zero attached hydrogens (tertiary/aromatic N) is 2. The molecule has 1 saturated heterocycles. The van der Waals surface area contributed by atoms with Crippen molar-refractivity contribution >= 4 is 21.7 Å². The summed E-state index contributed by atoms with van der Waals surface area (Å²) < 4.78 is 22.4. The molecule has 0 bridgehead atoms. The number of hydrogen-bond donors (Lipinski definition) is 0. The van der Waals surface area contributed by atoms with Crippen LogP contribution in [0.3, 0.4) is 0 Å². The number of piperazine rings is 1. The zero-order chi connectivity index (χ0) is 17.3. The lowest BCUT2D eigenvalue weighted by Crippen LogP contribution is -2.63. The molecular formula is C15H28N2O4S. The average Bonchev–Trinajstić information content (AvgIpc) is 2.31. The molecule has 128 valence electrons. The third kappa shape index (κ3) is 4.97. The van der Waals surface area contributed by atoms with Crippen molar-refractivity contribution in [3.05, 3.63) is 0 Å². The lowest BCUT2D eigenvalue weighted by Gasteiger charge is -2.48. The van der Waals surface area contributed by atoms with Crippen LogP contribution in [0, 0.1) is 5.41 Å². The van der Waals surface area contributed by atoms with Gasteiger partial charge in [0.25, 0.3) is 0 Å². The van der Waals surface area contributed by atoms with Crippen molar-refractivity contribution in [3.63, 3.8) is 0 Å². The van der Waals surface area contributed by atoms with Gasteiger partial charge in [-0.25, -0.2) is 8.42 Å². The Bertz CT molecular complexity index is 546. The molecule has 0 aromatic carbocycles. The molecule has 0 aromatic heterocycles. The lowest BCUT2D eigenvalue weighted by molar-refractivity contribution is -0.151. The zero-order valence-corrected chi connectivity index (χ0v) is 15.3. The zero-order valence-electron chi connectivity index (χ0n) is 14.5. The van der Waals surface area contributed by atoms with Crippen LogP contribution in [0.2, 0.25) is 0 Å². The van der Waals surface area contributed by atoms with Gasteiger partial charge in [0.2, 0.25) is 11.8 Å². The Hall–Kier alpha value is -1.11. The number of amides is 2. The van der Waals surface area contributed by atoms with Crippen LogP contribution in [0.25, 0.3) is 0 Å². The number of sulfone groups is 1. The van der Waals surface area contributed by atoms with E-state index in [-0.39, 0.29) is 24.0 Å². The number of carbonyl (C=O) groups excluding carboxylic acids is 2. The highest BCUT2D eigenvalue weighted by molar-refractivity contribution is 7.90. The van der Waals surface area contributed by atoms with Crippen LogP contribution in [0.4, 0.5) is 0 Å². The molecule has 1 aliphatic rings. The van der Waals surface area contributed by atoms with Gasteiger partial charge in [-0.05, 0) is 13.8 Å². The van der Waals surface area contributed by atoms with E-state index in [0.717, 1.165) is 6.26 Å². The maximum Gasteiger partial charge on any atom is 0.228 e. The fraction of sp³-hybridized carbons (Fsp3) is 0.867. The van der Waals surface area contributed by atoms with Crippen LogP contribution in [0.15, 0.2) is 0 Å². The maximum atomic E-state index is 12.4. The molecule has 0 aliphatic carbocycles. The van der Waals surface area contributed by atoms with Gasteiger partial charge < -0.3 is 9.80 Å². The molecule has 1 rings (SSSR count). The smallest absolute Gasteiger partial charge is 0.228 e. The fourth-order valence-corrected chi connectivity index (χ4v) is 3.22. The molecule has 6 nitrogen and oxygen atoms in total. The topological polar surface area (TPSA) is 74.8 Å². The normalized spacial score (nSPS) is 19.2. The van der Waals surface area contributed by atoms with Crippen molar-refractivity contribution < 1.29 is 18.0 Å². The van der Waals surface area contributed by atoms with E-state index in [0.29, 0.717) is 19.6 Å². The standard InChI is InChI=1S/C15H28N2O4S/c1-14(2,3)13(19)16-8-9-17(15(4,5)11-16)12(18)7-10-22(6,20)21/h7-11H2,1-6H3. The molecule has 0 unspecified atom stereocenters. The minimum atomic E-state index is -3.15. The number of carbonyl (C=O) groups is 2. The Morgan fingerprint density at radius 1 is 1.14 bits per heavy atom. The highest BCUT2D eigenvalue weighted by Gasteiger charge is 2.40. The van der Waals surface area contributed by atoms with E-state index in [1.807, 2.05) is 34.6 Å². The molecule has 1 fully saturated rings. The van der Waals surface area contributed by atoms with Gasteiger partial charge in [0.05, 0.1) is 11.3 Å². The minimum Gasteiger partial charge on any atom is -0.338 e. The van der Waals surface area contributed by atoms with Crippen molar-refractivity contribution in [1.82, 2.24) is 9.80 Å². The van der Waals surface area contributed by atoms with Gasteiger partial charge in [-0.2, -0.15) is 0 Å². The first-order valence-electron chi connectivity index (χ1n) is 7.52. The Morgan fingerprint density at radius 2 is 1.68 bits per heavy atom. The summed E-state index contributed by atoms with van der Waals surface area (Å²) in [4.78, 5) is 28.2. The summed E-state index contributed by atoms with van der Waals surface area (Å²) in [6.07, 6.45) is 1.13. The van der Waals surface area contributed by atoms with Gasteiger partial charge in [-0.15, -0.1) is 0 Å². The molecule has 0 atom stereocenters. The molecule has 0 radical (unpaired) electrons. The van der Waals surface area contributed by atoms with E-state index < -0.39 is 20.8 Å². The summed E-state index contributed by atoms with van der Waals surface area (Å²) in [6, 6.07) is 0. The molecule has 22 heavy (non-hydrogen) atoms. The monoisotopic (exact) mass is 332 g/mol. The second-order valence-corrected chi connectivity index (χ2v) is 9.97. The van der Waals surface area contributed by atoms with E-state index >= 15 is 0 Å². The second-order valence-electron chi connectivity index (χ2n) is 7.71. The molecule has 7 heteroatoms. The molecule has 2 amide bonds. The van der Waals surface area contributed by atoms with Crippen LogP contribution in [-0.4, -0.2) is 67.2 Å². The molecule has 0 aromatic rings. The molecule has 1 heterocycles. The predicted molar refractivity (Wildman–Crippen MR) is 86.2 cm³/mol. The quantitative estimate of drug-likeness (QED) is 0.770.